The van der Waals surface area contributed by atoms with E-state index in [2.05, 4.69) is 19.2 Å². The zero-order chi connectivity index (χ0) is 13.3. The lowest BCUT2D eigenvalue weighted by Crippen LogP contribution is -2.22. The van der Waals surface area contributed by atoms with Gasteiger partial charge in [0.1, 0.15) is 5.69 Å². The smallest absolute Gasteiger partial charge is 0.296 e. The van der Waals surface area contributed by atoms with Gasteiger partial charge in [0, 0.05) is 12.1 Å². The maximum Gasteiger partial charge on any atom is 0.296 e. The molecule has 1 heterocycles. The number of hydrogen-bond donors (Lipinski definition) is 1. The number of fused-ring (bicyclic) bond motifs is 1. The largest absolute Gasteiger partial charge is 0.454 e. The van der Waals surface area contributed by atoms with Crippen molar-refractivity contribution in [1.82, 2.24) is 0 Å². The minimum atomic E-state index is -0.419. The van der Waals surface area contributed by atoms with Crippen molar-refractivity contribution in [3.05, 3.63) is 22.2 Å². The lowest BCUT2D eigenvalue weighted by Gasteiger charge is -2.18. The molecule has 0 saturated heterocycles. The van der Waals surface area contributed by atoms with Crippen LogP contribution in [0, 0.1) is 16.0 Å². The molecule has 0 aromatic heterocycles. The fourth-order valence-corrected chi connectivity index (χ4v) is 1.61. The van der Waals surface area contributed by atoms with Crippen LogP contribution in [0.25, 0.3) is 0 Å². The first-order chi connectivity index (χ1) is 8.49. The summed E-state index contributed by atoms with van der Waals surface area (Å²) in [6.45, 7) is 6.20. The van der Waals surface area contributed by atoms with Crippen LogP contribution in [0.5, 0.6) is 11.5 Å². The Balaban J connectivity index is 2.35. The van der Waals surface area contributed by atoms with Gasteiger partial charge in [-0.2, -0.15) is 0 Å². The average molecular weight is 252 g/mol. The molecule has 1 aliphatic heterocycles. The van der Waals surface area contributed by atoms with Crippen LogP contribution in [0.2, 0.25) is 0 Å². The van der Waals surface area contributed by atoms with Gasteiger partial charge in [-0.05, 0) is 12.8 Å². The van der Waals surface area contributed by atoms with Gasteiger partial charge in [-0.3, -0.25) is 10.1 Å². The summed E-state index contributed by atoms with van der Waals surface area (Å²) < 4.78 is 10.4. The third-order valence-corrected chi connectivity index (χ3v) is 3.07. The molecule has 1 unspecified atom stereocenters. The van der Waals surface area contributed by atoms with Gasteiger partial charge >= 0.3 is 0 Å². The first-order valence-electron chi connectivity index (χ1n) is 5.83. The van der Waals surface area contributed by atoms with Gasteiger partial charge in [0.25, 0.3) is 5.69 Å². The van der Waals surface area contributed by atoms with Crippen molar-refractivity contribution in [3.8, 4) is 11.5 Å². The number of nitro groups is 1. The topological polar surface area (TPSA) is 73.6 Å². The second-order valence-corrected chi connectivity index (χ2v) is 4.66. The lowest BCUT2D eigenvalue weighted by molar-refractivity contribution is -0.384. The predicted octanol–water partition coefficient (Wildman–Crippen LogP) is 2.78. The van der Waals surface area contributed by atoms with Crippen LogP contribution in [-0.4, -0.2) is 17.8 Å². The van der Waals surface area contributed by atoms with E-state index in [0.717, 1.165) is 0 Å². The van der Waals surface area contributed by atoms with Crippen molar-refractivity contribution in [1.29, 1.82) is 0 Å². The van der Waals surface area contributed by atoms with E-state index in [4.69, 9.17) is 9.47 Å². The van der Waals surface area contributed by atoms with Crippen molar-refractivity contribution in [3.63, 3.8) is 0 Å². The summed E-state index contributed by atoms with van der Waals surface area (Å²) in [6, 6.07) is 3.15. The van der Waals surface area contributed by atoms with Crippen LogP contribution in [0.3, 0.4) is 0 Å². The Bertz CT molecular complexity index is 473. The van der Waals surface area contributed by atoms with E-state index in [1.807, 2.05) is 6.92 Å². The van der Waals surface area contributed by atoms with Crippen molar-refractivity contribution >= 4 is 11.4 Å². The molecule has 0 bridgehead atoms. The third kappa shape index (κ3) is 2.32. The average Bonchev–Trinajstić information content (AvgIpc) is 2.74. The summed E-state index contributed by atoms with van der Waals surface area (Å²) >= 11 is 0. The van der Waals surface area contributed by atoms with E-state index >= 15 is 0 Å². The molecule has 1 aromatic rings. The van der Waals surface area contributed by atoms with Gasteiger partial charge in [-0.1, -0.05) is 13.8 Å². The second-order valence-electron chi connectivity index (χ2n) is 4.66. The molecule has 0 fully saturated rings. The number of rotatable bonds is 4. The highest BCUT2D eigenvalue weighted by molar-refractivity contribution is 5.69. The standard InChI is InChI=1S/C12H16N2O4/c1-7(2)8(3)13-9-4-11-12(18-6-17-11)5-10(9)14(15)16/h4-5,7-8,13H,6H2,1-3H3. The number of nitrogens with zero attached hydrogens (tertiary/aromatic N) is 1. The first-order valence-corrected chi connectivity index (χ1v) is 5.83. The molecule has 2 rings (SSSR count). The number of nitrogens with one attached hydrogen (secondary N) is 1. The van der Waals surface area contributed by atoms with E-state index in [1.165, 1.54) is 6.07 Å². The molecule has 0 radical (unpaired) electrons. The van der Waals surface area contributed by atoms with Gasteiger partial charge in [-0.15, -0.1) is 0 Å². The Labute approximate surface area is 105 Å². The van der Waals surface area contributed by atoms with E-state index < -0.39 is 4.92 Å². The number of ether oxygens (including phenoxy) is 2. The Morgan fingerprint density at radius 3 is 2.44 bits per heavy atom. The second kappa shape index (κ2) is 4.72. The first kappa shape index (κ1) is 12.5. The fraction of sp³-hybridized carbons (Fsp3) is 0.500. The SMILES string of the molecule is CC(C)C(C)Nc1cc2c(cc1[N+](=O)[O-])OCO2. The maximum absolute atomic E-state index is 11.0. The van der Waals surface area contributed by atoms with Crippen LogP contribution in [0.15, 0.2) is 12.1 Å². The molecule has 1 aromatic carbocycles. The van der Waals surface area contributed by atoms with Crippen LogP contribution in [0.4, 0.5) is 11.4 Å². The van der Waals surface area contributed by atoms with Crippen LogP contribution in [-0.2, 0) is 0 Å². The zero-order valence-corrected chi connectivity index (χ0v) is 10.6. The molecular formula is C12H16N2O4. The van der Waals surface area contributed by atoms with Crippen molar-refractivity contribution in [2.45, 2.75) is 26.8 Å². The molecule has 18 heavy (non-hydrogen) atoms. The highest BCUT2D eigenvalue weighted by Crippen LogP contribution is 2.40. The van der Waals surface area contributed by atoms with E-state index in [1.54, 1.807) is 6.07 Å². The number of hydrogen-bond acceptors (Lipinski definition) is 5. The molecule has 0 aliphatic carbocycles. The van der Waals surface area contributed by atoms with Crippen molar-refractivity contribution in [2.75, 3.05) is 12.1 Å². The van der Waals surface area contributed by atoms with Gasteiger partial charge in [0.2, 0.25) is 6.79 Å². The van der Waals surface area contributed by atoms with E-state index in [-0.39, 0.29) is 18.5 Å². The number of anilines is 1. The molecule has 0 spiro atoms. The van der Waals surface area contributed by atoms with Gasteiger partial charge in [0.05, 0.1) is 11.0 Å². The molecular weight excluding hydrogens is 236 g/mol. The Hall–Kier alpha value is -1.98. The van der Waals surface area contributed by atoms with Crippen LogP contribution < -0.4 is 14.8 Å². The highest BCUT2D eigenvalue weighted by atomic mass is 16.7. The summed E-state index contributed by atoms with van der Waals surface area (Å²) in [5.74, 6) is 1.33. The summed E-state index contributed by atoms with van der Waals surface area (Å²) in [6.07, 6.45) is 0. The molecule has 6 heteroatoms. The summed E-state index contributed by atoms with van der Waals surface area (Å²) in [4.78, 5) is 10.6. The Morgan fingerprint density at radius 1 is 1.28 bits per heavy atom. The Morgan fingerprint density at radius 2 is 1.89 bits per heavy atom. The van der Waals surface area contributed by atoms with E-state index in [9.17, 15) is 10.1 Å². The maximum atomic E-state index is 11.0. The predicted molar refractivity (Wildman–Crippen MR) is 67.1 cm³/mol. The van der Waals surface area contributed by atoms with Gasteiger partial charge in [-0.25, -0.2) is 0 Å². The highest BCUT2D eigenvalue weighted by Gasteiger charge is 2.24. The minimum Gasteiger partial charge on any atom is -0.454 e. The molecule has 1 N–H and O–H groups in total. The van der Waals surface area contributed by atoms with Crippen LogP contribution >= 0.6 is 0 Å². The molecule has 6 nitrogen and oxygen atoms in total. The lowest BCUT2D eigenvalue weighted by atomic mass is 10.1. The third-order valence-electron chi connectivity index (χ3n) is 3.07. The Kier molecular flexibility index (Phi) is 3.27. The zero-order valence-electron chi connectivity index (χ0n) is 10.6. The summed E-state index contributed by atoms with van der Waals surface area (Å²) in [5.41, 5.74) is 0.470. The summed E-state index contributed by atoms with van der Waals surface area (Å²) in [5, 5.41) is 14.2. The molecule has 1 aliphatic rings. The van der Waals surface area contributed by atoms with Gasteiger partial charge < -0.3 is 14.8 Å². The quantitative estimate of drug-likeness (QED) is 0.658. The molecule has 0 saturated carbocycles. The van der Waals surface area contributed by atoms with Crippen molar-refractivity contribution in [2.24, 2.45) is 5.92 Å². The fourth-order valence-electron chi connectivity index (χ4n) is 1.61. The minimum absolute atomic E-state index is 0.00625. The molecule has 1 atom stereocenters. The molecule has 98 valence electrons. The normalized spacial score (nSPS) is 14.7. The van der Waals surface area contributed by atoms with Crippen LogP contribution in [0.1, 0.15) is 20.8 Å². The van der Waals surface area contributed by atoms with Gasteiger partial charge in [0.15, 0.2) is 11.5 Å². The van der Waals surface area contributed by atoms with E-state index in [0.29, 0.717) is 23.1 Å². The molecule has 0 amide bonds. The number of nitro benzene ring substituents is 1. The summed E-state index contributed by atoms with van der Waals surface area (Å²) in [7, 11) is 0. The number of benzene rings is 1. The van der Waals surface area contributed by atoms with Crippen molar-refractivity contribution < 1.29 is 14.4 Å². The monoisotopic (exact) mass is 252 g/mol.